The lowest BCUT2D eigenvalue weighted by Gasteiger charge is -2.12. The quantitative estimate of drug-likeness (QED) is 0.839. The fourth-order valence-corrected chi connectivity index (χ4v) is 2.39. The van der Waals surface area contributed by atoms with E-state index in [1.165, 1.54) is 0 Å². The van der Waals surface area contributed by atoms with Crippen LogP contribution in [0, 0.1) is 0 Å². The van der Waals surface area contributed by atoms with Crippen LogP contribution in [-0.2, 0) is 17.8 Å². The number of aryl methyl sites for hydroxylation is 1. The van der Waals surface area contributed by atoms with Gasteiger partial charge in [0.15, 0.2) is 0 Å². The van der Waals surface area contributed by atoms with Gasteiger partial charge < -0.3 is 14.8 Å². The molecule has 0 aliphatic heterocycles. The summed E-state index contributed by atoms with van der Waals surface area (Å²) < 4.78 is 10.8. The van der Waals surface area contributed by atoms with Crippen molar-refractivity contribution < 1.29 is 14.3 Å². The van der Waals surface area contributed by atoms with Gasteiger partial charge in [0.1, 0.15) is 5.75 Å². The standard InChI is InChI=1S/C19H23NO3/c1-4-14-8-6-7-9-17(14)20-19(21)15-10-11-18(22-3)16(12-15)13-23-5-2/h6-12H,4-5,13H2,1-3H3,(H,20,21). The molecule has 0 saturated heterocycles. The summed E-state index contributed by atoms with van der Waals surface area (Å²) in [7, 11) is 1.61. The maximum Gasteiger partial charge on any atom is 0.255 e. The normalized spacial score (nSPS) is 10.4. The van der Waals surface area contributed by atoms with Crippen LogP contribution in [-0.4, -0.2) is 19.6 Å². The van der Waals surface area contributed by atoms with E-state index in [4.69, 9.17) is 9.47 Å². The minimum atomic E-state index is -0.133. The van der Waals surface area contributed by atoms with Gasteiger partial charge in [-0.3, -0.25) is 4.79 Å². The van der Waals surface area contributed by atoms with Crippen LogP contribution in [0.1, 0.15) is 35.3 Å². The summed E-state index contributed by atoms with van der Waals surface area (Å²) in [6, 6.07) is 13.2. The molecule has 0 bridgehead atoms. The molecule has 4 nitrogen and oxygen atoms in total. The summed E-state index contributed by atoms with van der Waals surface area (Å²) in [5.41, 5.74) is 3.42. The van der Waals surface area contributed by atoms with E-state index in [-0.39, 0.29) is 5.91 Å². The van der Waals surface area contributed by atoms with Gasteiger partial charge in [-0.15, -0.1) is 0 Å². The largest absolute Gasteiger partial charge is 0.496 e. The molecule has 0 heterocycles. The van der Waals surface area contributed by atoms with Crippen LogP contribution in [0.25, 0.3) is 0 Å². The van der Waals surface area contributed by atoms with Crippen LogP contribution in [0.5, 0.6) is 5.75 Å². The highest BCUT2D eigenvalue weighted by Crippen LogP contribution is 2.22. The highest BCUT2D eigenvalue weighted by Gasteiger charge is 2.12. The smallest absolute Gasteiger partial charge is 0.255 e. The van der Waals surface area contributed by atoms with Crippen LogP contribution >= 0.6 is 0 Å². The number of methoxy groups -OCH3 is 1. The first-order chi connectivity index (χ1) is 11.2. The number of amides is 1. The Bertz CT molecular complexity index is 667. The zero-order valence-corrected chi connectivity index (χ0v) is 13.9. The van der Waals surface area contributed by atoms with E-state index in [9.17, 15) is 4.79 Å². The van der Waals surface area contributed by atoms with Crippen molar-refractivity contribution in [2.75, 3.05) is 19.0 Å². The van der Waals surface area contributed by atoms with Crippen molar-refractivity contribution in [1.29, 1.82) is 0 Å². The van der Waals surface area contributed by atoms with E-state index in [1.54, 1.807) is 19.2 Å². The second-order valence-corrected chi connectivity index (χ2v) is 5.13. The third-order valence-corrected chi connectivity index (χ3v) is 3.65. The molecular formula is C19H23NO3. The third-order valence-electron chi connectivity index (χ3n) is 3.65. The predicted molar refractivity (Wildman–Crippen MR) is 92.1 cm³/mol. The molecule has 2 aromatic carbocycles. The van der Waals surface area contributed by atoms with Crippen LogP contribution < -0.4 is 10.1 Å². The molecule has 1 amide bonds. The highest BCUT2D eigenvalue weighted by atomic mass is 16.5. The summed E-state index contributed by atoms with van der Waals surface area (Å²) in [5, 5.41) is 2.98. The number of rotatable bonds is 7. The number of benzene rings is 2. The molecule has 0 unspecified atom stereocenters. The van der Waals surface area contributed by atoms with Gasteiger partial charge in [-0.2, -0.15) is 0 Å². The van der Waals surface area contributed by atoms with Gasteiger partial charge >= 0.3 is 0 Å². The highest BCUT2D eigenvalue weighted by molar-refractivity contribution is 6.04. The van der Waals surface area contributed by atoms with Crippen molar-refractivity contribution in [1.82, 2.24) is 0 Å². The molecule has 1 N–H and O–H groups in total. The molecule has 2 aromatic rings. The van der Waals surface area contributed by atoms with Crippen molar-refractivity contribution in [3.8, 4) is 5.75 Å². The van der Waals surface area contributed by atoms with Crippen molar-refractivity contribution in [2.45, 2.75) is 26.9 Å². The number of nitrogens with one attached hydrogen (secondary N) is 1. The summed E-state index contributed by atoms with van der Waals surface area (Å²) in [4.78, 5) is 12.5. The van der Waals surface area contributed by atoms with Crippen LogP contribution in [0.15, 0.2) is 42.5 Å². The zero-order valence-electron chi connectivity index (χ0n) is 13.9. The Morgan fingerprint density at radius 2 is 1.87 bits per heavy atom. The number of ether oxygens (including phenoxy) is 2. The number of hydrogen-bond donors (Lipinski definition) is 1. The molecule has 0 radical (unpaired) electrons. The molecule has 0 spiro atoms. The van der Waals surface area contributed by atoms with E-state index in [0.717, 1.165) is 29.0 Å². The minimum Gasteiger partial charge on any atom is -0.496 e. The van der Waals surface area contributed by atoms with E-state index in [0.29, 0.717) is 18.8 Å². The lowest BCUT2D eigenvalue weighted by molar-refractivity contribution is 0.102. The topological polar surface area (TPSA) is 47.6 Å². The number of anilines is 1. The van der Waals surface area contributed by atoms with Gasteiger partial charge in [0.05, 0.1) is 13.7 Å². The molecule has 2 rings (SSSR count). The van der Waals surface area contributed by atoms with Gasteiger partial charge in [0.2, 0.25) is 0 Å². The van der Waals surface area contributed by atoms with Crippen molar-refractivity contribution >= 4 is 11.6 Å². The van der Waals surface area contributed by atoms with Gasteiger partial charge in [-0.25, -0.2) is 0 Å². The lowest BCUT2D eigenvalue weighted by Crippen LogP contribution is -2.14. The molecule has 122 valence electrons. The molecule has 0 aliphatic rings. The maximum atomic E-state index is 12.5. The van der Waals surface area contributed by atoms with E-state index in [2.05, 4.69) is 12.2 Å². The van der Waals surface area contributed by atoms with E-state index >= 15 is 0 Å². The molecule has 4 heteroatoms. The van der Waals surface area contributed by atoms with Crippen molar-refractivity contribution in [3.63, 3.8) is 0 Å². The summed E-state index contributed by atoms with van der Waals surface area (Å²) >= 11 is 0. The Labute approximate surface area is 137 Å². The third kappa shape index (κ3) is 4.33. The first-order valence-corrected chi connectivity index (χ1v) is 7.83. The number of carbonyl (C=O) groups excluding carboxylic acids is 1. The monoisotopic (exact) mass is 313 g/mol. The Morgan fingerprint density at radius 3 is 2.57 bits per heavy atom. The lowest BCUT2D eigenvalue weighted by atomic mass is 10.1. The Kier molecular flexibility index (Phi) is 6.18. The second kappa shape index (κ2) is 8.34. The summed E-state index contributed by atoms with van der Waals surface area (Å²) in [5.74, 6) is 0.593. The average molecular weight is 313 g/mol. The van der Waals surface area contributed by atoms with E-state index < -0.39 is 0 Å². The number of carbonyl (C=O) groups is 1. The molecule has 0 saturated carbocycles. The van der Waals surface area contributed by atoms with Gasteiger partial charge in [-0.1, -0.05) is 25.1 Å². The van der Waals surface area contributed by atoms with Gasteiger partial charge in [0.25, 0.3) is 5.91 Å². The Hall–Kier alpha value is -2.33. The Balaban J connectivity index is 2.21. The Morgan fingerprint density at radius 1 is 1.09 bits per heavy atom. The fraction of sp³-hybridized carbons (Fsp3) is 0.316. The first kappa shape index (κ1) is 17.0. The molecule has 0 fully saturated rings. The molecular weight excluding hydrogens is 290 g/mol. The van der Waals surface area contributed by atoms with Crippen LogP contribution in [0.2, 0.25) is 0 Å². The SMILES string of the molecule is CCOCc1cc(C(=O)Nc2ccccc2CC)ccc1OC. The predicted octanol–water partition coefficient (Wildman–Crippen LogP) is 4.05. The summed E-state index contributed by atoms with van der Waals surface area (Å²) in [6.07, 6.45) is 0.870. The minimum absolute atomic E-state index is 0.133. The van der Waals surface area contributed by atoms with Gasteiger partial charge in [-0.05, 0) is 43.2 Å². The molecule has 0 aromatic heterocycles. The number of hydrogen-bond acceptors (Lipinski definition) is 3. The van der Waals surface area contributed by atoms with E-state index in [1.807, 2.05) is 37.3 Å². The first-order valence-electron chi connectivity index (χ1n) is 7.83. The van der Waals surface area contributed by atoms with Crippen molar-refractivity contribution in [3.05, 3.63) is 59.2 Å². The molecule has 23 heavy (non-hydrogen) atoms. The second-order valence-electron chi connectivity index (χ2n) is 5.13. The molecule has 0 aliphatic carbocycles. The average Bonchev–Trinajstić information content (AvgIpc) is 2.60. The molecule has 0 atom stereocenters. The van der Waals surface area contributed by atoms with Crippen LogP contribution in [0.4, 0.5) is 5.69 Å². The zero-order chi connectivity index (χ0) is 16.7. The van der Waals surface area contributed by atoms with Crippen LogP contribution in [0.3, 0.4) is 0 Å². The number of para-hydroxylation sites is 1. The maximum absolute atomic E-state index is 12.5. The fourth-order valence-electron chi connectivity index (χ4n) is 2.39. The van der Waals surface area contributed by atoms with Crippen molar-refractivity contribution in [2.24, 2.45) is 0 Å². The summed E-state index contributed by atoms with van der Waals surface area (Å²) in [6.45, 7) is 5.04. The van der Waals surface area contributed by atoms with Gasteiger partial charge in [0, 0.05) is 23.4 Å².